The van der Waals surface area contributed by atoms with E-state index in [4.69, 9.17) is 4.74 Å². The van der Waals surface area contributed by atoms with Crippen LogP contribution < -0.4 is 24.8 Å². The predicted molar refractivity (Wildman–Crippen MR) is 58.3 cm³/mol. The third-order valence-electron chi connectivity index (χ3n) is 1.56. The van der Waals surface area contributed by atoms with Gasteiger partial charge >= 0.3 is 20.4 Å². The molecule has 0 aliphatic rings. The van der Waals surface area contributed by atoms with Gasteiger partial charge in [0.1, 0.15) is 0 Å². The average molecular weight is 360 g/mol. The SMILES string of the molecule is C=C(CC(C)C)OC(=C)CC(C)C.[Cl-].[Cl-].[Pd+2]. The van der Waals surface area contributed by atoms with Crippen molar-refractivity contribution >= 4 is 0 Å². The Balaban J connectivity index is -0.000000240. The molecule has 0 aromatic rings. The zero-order valence-electron chi connectivity index (χ0n) is 10.5. The van der Waals surface area contributed by atoms with Crippen LogP contribution in [0.15, 0.2) is 24.7 Å². The summed E-state index contributed by atoms with van der Waals surface area (Å²) in [5.41, 5.74) is 0. The summed E-state index contributed by atoms with van der Waals surface area (Å²) in [4.78, 5) is 0. The van der Waals surface area contributed by atoms with E-state index < -0.39 is 0 Å². The topological polar surface area (TPSA) is 9.23 Å². The van der Waals surface area contributed by atoms with E-state index in [1.54, 1.807) is 0 Å². The number of allylic oxidation sites excluding steroid dienone is 2. The largest absolute Gasteiger partial charge is 2.00 e. The quantitative estimate of drug-likeness (QED) is 0.399. The Morgan fingerprint density at radius 3 is 1.31 bits per heavy atom. The van der Waals surface area contributed by atoms with Crippen molar-refractivity contribution < 1.29 is 50.0 Å². The summed E-state index contributed by atoms with van der Waals surface area (Å²) in [6.07, 6.45) is 1.83. The van der Waals surface area contributed by atoms with E-state index in [2.05, 4.69) is 40.9 Å². The Morgan fingerprint density at radius 2 is 1.12 bits per heavy atom. The van der Waals surface area contributed by atoms with Crippen LogP contribution in [-0.2, 0) is 25.2 Å². The molecule has 0 rings (SSSR count). The molecule has 0 bridgehead atoms. The van der Waals surface area contributed by atoms with Gasteiger partial charge in [-0.05, 0) is 11.8 Å². The normalized spacial score (nSPS) is 8.62. The fourth-order valence-electron chi connectivity index (χ4n) is 1.20. The third kappa shape index (κ3) is 16.9. The maximum Gasteiger partial charge on any atom is 2.00 e. The molecule has 0 fully saturated rings. The van der Waals surface area contributed by atoms with Crippen LogP contribution in [-0.4, -0.2) is 0 Å². The molecule has 0 heterocycles. The van der Waals surface area contributed by atoms with Gasteiger partial charge in [-0.25, -0.2) is 0 Å². The third-order valence-corrected chi connectivity index (χ3v) is 1.56. The number of hydrogen-bond donors (Lipinski definition) is 0. The van der Waals surface area contributed by atoms with Crippen molar-refractivity contribution in [2.45, 2.75) is 40.5 Å². The Morgan fingerprint density at radius 1 is 0.875 bits per heavy atom. The van der Waals surface area contributed by atoms with Gasteiger partial charge in [0.15, 0.2) is 0 Å². The molecule has 0 radical (unpaired) electrons. The summed E-state index contributed by atoms with van der Waals surface area (Å²) in [6, 6.07) is 0. The average Bonchev–Trinajstić information content (AvgIpc) is 1.80. The van der Waals surface area contributed by atoms with Gasteiger partial charge in [-0.3, -0.25) is 0 Å². The van der Waals surface area contributed by atoms with Crippen LogP contribution in [0.5, 0.6) is 0 Å². The summed E-state index contributed by atoms with van der Waals surface area (Å²) in [5, 5.41) is 0. The van der Waals surface area contributed by atoms with Gasteiger partial charge in [0, 0.05) is 12.8 Å². The molecule has 0 amide bonds. The van der Waals surface area contributed by atoms with Crippen LogP contribution in [0.25, 0.3) is 0 Å². The number of hydrogen-bond acceptors (Lipinski definition) is 1. The minimum Gasteiger partial charge on any atom is -1.00 e. The van der Waals surface area contributed by atoms with Crippen molar-refractivity contribution in [1.82, 2.24) is 0 Å². The summed E-state index contributed by atoms with van der Waals surface area (Å²) in [7, 11) is 0. The fraction of sp³-hybridized carbons (Fsp3) is 0.667. The van der Waals surface area contributed by atoms with Crippen molar-refractivity contribution in [3.8, 4) is 0 Å². The van der Waals surface area contributed by atoms with E-state index in [1.165, 1.54) is 0 Å². The van der Waals surface area contributed by atoms with Gasteiger partial charge in [0.05, 0.1) is 11.5 Å². The van der Waals surface area contributed by atoms with Gasteiger partial charge in [-0.1, -0.05) is 40.9 Å². The Hall–Kier alpha value is 0.522. The van der Waals surface area contributed by atoms with E-state index in [1.807, 2.05) is 0 Å². The Kier molecular flexibility index (Phi) is 21.6. The summed E-state index contributed by atoms with van der Waals surface area (Å²) in [5.74, 6) is 2.86. The molecule has 0 N–H and O–H groups in total. The summed E-state index contributed by atoms with van der Waals surface area (Å²) < 4.78 is 5.48. The van der Waals surface area contributed by atoms with Gasteiger partial charge in [-0.2, -0.15) is 0 Å². The fourth-order valence-corrected chi connectivity index (χ4v) is 1.20. The van der Waals surface area contributed by atoms with Crippen molar-refractivity contribution in [1.29, 1.82) is 0 Å². The van der Waals surface area contributed by atoms with Crippen LogP contribution in [0.2, 0.25) is 0 Å². The van der Waals surface area contributed by atoms with E-state index in [0.717, 1.165) is 24.4 Å². The summed E-state index contributed by atoms with van der Waals surface area (Å²) >= 11 is 0. The first-order chi connectivity index (χ1) is 5.91. The molecule has 0 aromatic heterocycles. The smallest absolute Gasteiger partial charge is 1.00 e. The monoisotopic (exact) mass is 358 g/mol. The van der Waals surface area contributed by atoms with Crippen LogP contribution in [0, 0.1) is 11.8 Å². The van der Waals surface area contributed by atoms with Crippen molar-refractivity contribution in [3.05, 3.63) is 24.7 Å². The van der Waals surface area contributed by atoms with Gasteiger partial charge < -0.3 is 29.6 Å². The maximum atomic E-state index is 5.48. The van der Waals surface area contributed by atoms with Gasteiger partial charge in [0.2, 0.25) is 0 Å². The first-order valence-corrected chi connectivity index (χ1v) is 4.95. The zero-order valence-corrected chi connectivity index (χ0v) is 13.5. The number of ether oxygens (including phenoxy) is 1. The molecule has 0 aliphatic heterocycles. The number of rotatable bonds is 6. The zero-order chi connectivity index (χ0) is 10.4. The Labute approximate surface area is 127 Å². The molecule has 0 saturated heterocycles. The van der Waals surface area contributed by atoms with Crippen LogP contribution in [0.1, 0.15) is 40.5 Å². The van der Waals surface area contributed by atoms with Crippen molar-refractivity contribution in [2.75, 3.05) is 0 Å². The standard InChI is InChI=1S/C12H22O.2ClH.Pd/c1-9(2)7-11(5)13-12(6)8-10(3)4;;;/h9-10H,5-8H2,1-4H3;2*1H;/q;;;+2/p-2. The second kappa shape index (κ2) is 13.6. The minimum atomic E-state index is 0. The van der Waals surface area contributed by atoms with Gasteiger partial charge in [-0.15, -0.1) is 0 Å². The first-order valence-electron chi connectivity index (χ1n) is 4.95. The first kappa shape index (κ1) is 25.4. The van der Waals surface area contributed by atoms with E-state index in [0.29, 0.717) is 11.8 Å². The molecule has 0 atom stereocenters. The molecule has 0 unspecified atom stereocenters. The van der Waals surface area contributed by atoms with E-state index in [-0.39, 0.29) is 45.2 Å². The molecule has 0 spiro atoms. The molecular formula is C12H22Cl2OPd. The number of halogens is 2. The molecule has 100 valence electrons. The molecule has 4 heteroatoms. The summed E-state index contributed by atoms with van der Waals surface area (Å²) in [6.45, 7) is 16.3. The minimum absolute atomic E-state index is 0. The molecule has 0 saturated carbocycles. The Bertz CT molecular complexity index is 171. The molecule has 0 aliphatic carbocycles. The van der Waals surface area contributed by atoms with Gasteiger partial charge in [0.25, 0.3) is 0 Å². The van der Waals surface area contributed by atoms with E-state index >= 15 is 0 Å². The molecule has 16 heavy (non-hydrogen) atoms. The second-order valence-electron chi connectivity index (χ2n) is 4.38. The van der Waals surface area contributed by atoms with Crippen molar-refractivity contribution in [2.24, 2.45) is 11.8 Å². The predicted octanol–water partition coefficient (Wildman–Crippen LogP) is -1.87. The van der Waals surface area contributed by atoms with E-state index in [9.17, 15) is 0 Å². The molecule has 0 aromatic carbocycles. The van der Waals surface area contributed by atoms with Crippen LogP contribution >= 0.6 is 0 Å². The second-order valence-corrected chi connectivity index (χ2v) is 4.38. The van der Waals surface area contributed by atoms with Crippen LogP contribution in [0.3, 0.4) is 0 Å². The molecule has 1 nitrogen and oxygen atoms in total. The maximum absolute atomic E-state index is 5.48. The van der Waals surface area contributed by atoms with Crippen molar-refractivity contribution in [3.63, 3.8) is 0 Å². The molecular weight excluding hydrogens is 337 g/mol. The van der Waals surface area contributed by atoms with Crippen LogP contribution in [0.4, 0.5) is 0 Å².